The van der Waals surface area contributed by atoms with Gasteiger partial charge >= 0.3 is 0 Å². The molecular formula is C19H28N2O3. The molecule has 0 bridgehead atoms. The van der Waals surface area contributed by atoms with E-state index >= 15 is 0 Å². The highest BCUT2D eigenvalue weighted by atomic mass is 16.5. The third-order valence-electron chi connectivity index (χ3n) is 5.75. The Balaban J connectivity index is 1.59. The standard InChI is InChI=1S/C19H28N2O3/c1-15-4-6-16(7-5-15)24-13-18(23)21-11-9-19(14-22)8-3-10-20(2)17(19)12-21/h4-7,17,22H,3,8-14H2,1-2H3/t17-,19-/m1/s1. The van der Waals surface area contributed by atoms with Gasteiger partial charge < -0.3 is 19.6 Å². The zero-order valence-corrected chi connectivity index (χ0v) is 14.7. The van der Waals surface area contributed by atoms with Crippen LogP contribution in [0, 0.1) is 12.3 Å². The first-order valence-corrected chi connectivity index (χ1v) is 8.82. The Morgan fingerprint density at radius 3 is 2.75 bits per heavy atom. The quantitative estimate of drug-likeness (QED) is 0.911. The molecule has 2 aliphatic heterocycles. The summed E-state index contributed by atoms with van der Waals surface area (Å²) < 4.78 is 5.64. The smallest absolute Gasteiger partial charge is 0.260 e. The third-order valence-corrected chi connectivity index (χ3v) is 5.75. The van der Waals surface area contributed by atoms with Crippen molar-refractivity contribution in [3.05, 3.63) is 29.8 Å². The van der Waals surface area contributed by atoms with Crippen molar-refractivity contribution in [2.75, 3.05) is 39.9 Å². The minimum atomic E-state index is -0.0401. The molecule has 5 heteroatoms. The van der Waals surface area contributed by atoms with Crippen molar-refractivity contribution < 1.29 is 14.6 Å². The van der Waals surface area contributed by atoms with E-state index in [9.17, 15) is 9.90 Å². The molecular weight excluding hydrogens is 304 g/mol. The first-order valence-electron chi connectivity index (χ1n) is 8.82. The largest absolute Gasteiger partial charge is 0.484 e. The van der Waals surface area contributed by atoms with Gasteiger partial charge in [0.05, 0.1) is 6.61 Å². The number of amides is 1. The highest BCUT2D eigenvalue weighted by molar-refractivity contribution is 5.78. The van der Waals surface area contributed by atoms with Gasteiger partial charge in [-0.1, -0.05) is 17.7 Å². The Labute approximate surface area is 144 Å². The van der Waals surface area contributed by atoms with E-state index in [-0.39, 0.29) is 30.6 Å². The molecule has 1 amide bonds. The number of hydrogen-bond acceptors (Lipinski definition) is 4. The minimum absolute atomic E-state index is 0.0288. The molecule has 132 valence electrons. The van der Waals surface area contributed by atoms with Crippen molar-refractivity contribution in [2.24, 2.45) is 5.41 Å². The maximum atomic E-state index is 12.5. The number of ether oxygens (including phenoxy) is 1. The summed E-state index contributed by atoms with van der Waals surface area (Å²) in [5.41, 5.74) is 1.13. The lowest BCUT2D eigenvalue weighted by molar-refractivity contribution is -0.141. The number of aryl methyl sites for hydroxylation is 1. The third kappa shape index (κ3) is 3.42. The fourth-order valence-corrected chi connectivity index (χ4v) is 4.11. The first-order chi connectivity index (χ1) is 11.5. The molecule has 0 aliphatic carbocycles. The Morgan fingerprint density at radius 1 is 1.29 bits per heavy atom. The molecule has 1 aromatic rings. The zero-order chi connectivity index (χ0) is 17.2. The summed E-state index contributed by atoms with van der Waals surface area (Å²) in [6, 6.07) is 7.99. The number of carbonyl (C=O) groups excluding carboxylic acids is 1. The molecule has 0 spiro atoms. The van der Waals surface area contributed by atoms with E-state index in [4.69, 9.17) is 4.74 Å². The molecule has 0 radical (unpaired) electrons. The maximum absolute atomic E-state index is 12.5. The fourth-order valence-electron chi connectivity index (χ4n) is 4.11. The average molecular weight is 332 g/mol. The SMILES string of the molecule is Cc1ccc(OCC(=O)N2CC[C@@]3(CO)CCCN(C)[C@@H]3C2)cc1. The van der Waals surface area contributed by atoms with Crippen molar-refractivity contribution in [3.8, 4) is 5.75 Å². The Hall–Kier alpha value is -1.59. The second-order valence-corrected chi connectivity index (χ2v) is 7.31. The van der Waals surface area contributed by atoms with Crippen LogP contribution >= 0.6 is 0 Å². The van der Waals surface area contributed by atoms with Crippen molar-refractivity contribution >= 4 is 5.91 Å². The predicted molar refractivity (Wildman–Crippen MR) is 93.0 cm³/mol. The molecule has 0 aromatic heterocycles. The van der Waals surface area contributed by atoms with Gasteiger partial charge in [-0.25, -0.2) is 0 Å². The zero-order valence-electron chi connectivity index (χ0n) is 14.7. The van der Waals surface area contributed by atoms with Gasteiger partial charge in [-0.2, -0.15) is 0 Å². The highest BCUT2D eigenvalue weighted by Crippen LogP contribution is 2.41. The topological polar surface area (TPSA) is 53.0 Å². The van der Waals surface area contributed by atoms with Gasteiger partial charge in [-0.05, 0) is 51.9 Å². The van der Waals surface area contributed by atoms with E-state index in [2.05, 4.69) is 11.9 Å². The van der Waals surface area contributed by atoms with Gasteiger partial charge in [0.1, 0.15) is 5.75 Å². The lowest BCUT2D eigenvalue weighted by Gasteiger charge is -2.53. The van der Waals surface area contributed by atoms with E-state index in [1.165, 1.54) is 5.56 Å². The van der Waals surface area contributed by atoms with Crippen LogP contribution in [-0.2, 0) is 4.79 Å². The van der Waals surface area contributed by atoms with Crippen molar-refractivity contribution in [1.29, 1.82) is 0 Å². The number of nitrogens with zero attached hydrogens (tertiary/aromatic N) is 2. The first kappa shape index (κ1) is 17.2. The monoisotopic (exact) mass is 332 g/mol. The summed E-state index contributed by atoms with van der Waals surface area (Å²) in [5, 5.41) is 9.94. The number of aliphatic hydroxyl groups excluding tert-OH is 1. The van der Waals surface area contributed by atoms with E-state index in [0.717, 1.165) is 31.6 Å². The minimum Gasteiger partial charge on any atom is -0.484 e. The van der Waals surface area contributed by atoms with E-state index in [0.29, 0.717) is 13.1 Å². The molecule has 2 fully saturated rings. The summed E-state index contributed by atoms with van der Waals surface area (Å²) in [4.78, 5) is 16.7. The molecule has 2 heterocycles. The molecule has 1 N–H and O–H groups in total. The molecule has 2 aliphatic rings. The maximum Gasteiger partial charge on any atom is 0.260 e. The second kappa shape index (κ2) is 7.11. The lowest BCUT2D eigenvalue weighted by Crippen LogP contribution is -2.62. The van der Waals surface area contributed by atoms with Crippen molar-refractivity contribution in [2.45, 2.75) is 32.2 Å². The van der Waals surface area contributed by atoms with E-state index < -0.39 is 0 Å². The van der Waals surface area contributed by atoms with Gasteiger partial charge in [-0.15, -0.1) is 0 Å². The number of hydrogen-bond donors (Lipinski definition) is 1. The summed E-state index contributed by atoms with van der Waals surface area (Å²) in [5.74, 6) is 0.756. The number of likely N-dealkylation sites (N-methyl/N-ethyl adjacent to an activating group) is 1. The summed E-state index contributed by atoms with van der Waals surface area (Å²) >= 11 is 0. The van der Waals surface area contributed by atoms with E-state index in [1.807, 2.05) is 36.1 Å². The second-order valence-electron chi connectivity index (χ2n) is 7.31. The van der Waals surface area contributed by atoms with Crippen LogP contribution in [0.15, 0.2) is 24.3 Å². The van der Waals surface area contributed by atoms with Gasteiger partial charge in [-0.3, -0.25) is 4.79 Å². The predicted octanol–water partition coefficient (Wildman–Crippen LogP) is 1.68. The van der Waals surface area contributed by atoms with Crippen LogP contribution in [-0.4, -0.2) is 66.8 Å². The van der Waals surface area contributed by atoms with Crippen LogP contribution in [0.5, 0.6) is 5.75 Å². The van der Waals surface area contributed by atoms with Crippen molar-refractivity contribution in [3.63, 3.8) is 0 Å². The van der Waals surface area contributed by atoms with Gasteiger partial charge in [0.15, 0.2) is 6.61 Å². The highest BCUT2D eigenvalue weighted by Gasteiger charge is 2.47. The molecule has 0 saturated carbocycles. The molecule has 5 nitrogen and oxygen atoms in total. The van der Waals surface area contributed by atoms with Gasteiger partial charge in [0, 0.05) is 24.5 Å². The Bertz CT molecular complexity index is 574. The fraction of sp³-hybridized carbons (Fsp3) is 0.632. The molecule has 2 saturated heterocycles. The number of likely N-dealkylation sites (tertiary alicyclic amines) is 2. The van der Waals surface area contributed by atoms with Crippen molar-refractivity contribution in [1.82, 2.24) is 9.80 Å². The van der Waals surface area contributed by atoms with Crippen LogP contribution < -0.4 is 4.74 Å². The summed E-state index contributed by atoms with van der Waals surface area (Å²) in [7, 11) is 2.10. The number of rotatable bonds is 4. The van der Waals surface area contributed by atoms with Gasteiger partial charge in [0.2, 0.25) is 0 Å². The number of aliphatic hydroxyl groups is 1. The molecule has 3 rings (SSSR count). The number of fused-ring (bicyclic) bond motifs is 1. The molecule has 2 atom stereocenters. The average Bonchev–Trinajstić information content (AvgIpc) is 2.61. The lowest BCUT2D eigenvalue weighted by atomic mass is 9.69. The van der Waals surface area contributed by atoms with Gasteiger partial charge in [0.25, 0.3) is 5.91 Å². The Morgan fingerprint density at radius 2 is 2.04 bits per heavy atom. The van der Waals surface area contributed by atoms with Crippen LogP contribution in [0.2, 0.25) is 0 Å². The van der Waals surface area contributed by atoms with Crippen LogP contribution in [0.3, 0.4) is 0 Å². The summed E-state index contributed by atoms with van der Waals surface area (Å²) in [6.07, 6.45) is 3.05. The molecule has 24 heavy (non-hydrogen) atoms. The molecule has 0 unspecified atom stereocenters. The van der Waals surface area contributed by atoms with Crippen LogP contribution in [0.25, 0.3) is 0 Å². The summed E-state index contributed by atoms with van der Waals surface area (Å²) in [6.45, 7) is 4.74. The Kier molecular flexibility index (Phi) is 5.11. The van der Waals surface area contributed by atoms with Crippen LogP contribution in [0.4, 0.5) is 0 Å². The number of carbonyl (C=O) groups is 1. The van der Waals surface area contributed by atoms with E-state index in [1.54, 1.807) is 0 Å². The number of benzene rings is 1. The molecule has 1 aromatic carbocycles. The normalized spacial score (nSPS) is 27.6. The number of piperidine rings is 2. The van der Waals surface area contributed by atoms with Crippen LogP contribution in [0.1, 0.15) is 24.8 Å².